The standard InChI is InChI=1S/C14H18FNO3/c1-19-14(18)12(15)9-16-8-2-3-13(16)10-4-6-11(17)7-5-10/h4-7,12-13,17H,2-3,8-9H2,1H3/t12-,13-/m0/s1. The summed E-state index contributed by atoms with van der Waals surface area (Å²) >= 11 is 0. The number of nitrogens with zero attached hydrogens (tertiary/aromatic N) is 1. The second-order valence-corrected chi connectivity index (χ2v) is 4.74. The molecular formula is C14H18FNO3. The lowest BCUT2D eigenvalue weighted by atomic mass is 10.0. The first-order valence-corrected chi connectivity index (χ1v) is 6.36. The van der Waals surface area contributed by atoms with Gasteiger partial charge in [0.2, 0.25) is 6.17 Å². The van der Waals surface area contributed by atoms with E-state index >= 15 is 0 Å². The van der Waals surface area contributed by atoms with Gasteiger partial charge >= 0.3 is 5.97 Å². The minimum absolute atomic E-state index is 0.0538. The molecular weight excluding hydrogens is 249 g/mol. The van der Waals surface area contributed by atoms with Crippen LogP contribution in [0.3, 0.4) is 0 Å². The van der Waals surface area contributed by atoms with Crippen molar-refractivity contribution in [2.45, 2.75) is 25.1 Å². The Morgan fingerprint density at radius 3 is 2.84 bits per heavy atom. The Balaban J connectivity index is 2.04. The third-order valence-corrected chi connectivity index (χ3v) is 3.49. The van der Waals surface area contributed by atoms with Crippen LogP contribution in [0.5, 0.6) is 5.75 Å². The van der Waals surface area contributed by atoms with Gasteiger partial charge in [-0.15, -0.1) is 0 Å². The molecule has 4 nitrogen and oxygen atoms in total. The molecule has 0 saturated carbocycles. The summed E-state index contributed by atoms with van der Waals surface area (Å²) in [6.45, 7) is 0.821. The Morgan fingerprint density at radius 2 is 2.21 bits per heavy atom. The number of alkyl halides is 1. The summed E-state index contributed by atoms with van der Waals surface area (Å²) in [5, 5.41) is 9.28. The highest BCUT2D eigenvalue weighted by Crippen LogP contribution is 2.32. The molecule has 1 heterocycles. The number of methoxy groups -OCH3 is 1. The normalized spacial score (nSPS) is 21.3. The third kappa shape index (κ3) is 3.23. The number of hydrogen-bond acceptors (Lipinski definition) is 4. The average Bonchev–Trinajstić information content (AvgIpc) is 2.86. The molecule has 0 unspecified atom stereocenters. The summed E-state index contributed by atoms with van der Waals surface area (Å²) in [5.74, 6) is -0.609. The Labute approximate surface area is 111 Å². The van der Waals surface area contributed by atoms with Crippen LogP contribution in [0.1, 0.15) is 24.4 Å². The largest absolute Gasteiger partial charge is 0.508 e. The van der Waals surface area contributed by atoms with E-state index in [0.717, 1.165) is 24.9 Å². The Bertz CT molecular complexity index is 435. The first-order chi connectivity index (χ1) is 9.11. The van der Waals surface area contributed by atoms with Crippen molar-refractivity contribution in [2.24, 2.45) is 0 Å². The van der Waals surface area contributed by atoms with Crippen LogP contribution in [-0.4, -0.2) is 42.3 Å². The second kappa shape index (κ2) is 6.02. The first kappa shape index (κ1) is 13.8. The van der Waals surface area contributed by atoms with Gasteiger partial charge in [0.05, 0.1) is 7.11 Å². The van der Waals surface area contributed by atoms with Gasteiger partial charge in [0.15, 0.2) is 0 Å². The maximum atomic E-state index is 13.6. The fourth-order valence-corrected chi connectivity index (χ4v) is 2.53. The van der Waals surface area contributed by atoms with Crippen LogP contribution in [0, 0.1) is 0 Å². The van der Waals surface area contributed by atoms with E-state index in [9.17, 15) is 14.3 Å². The molecule has 19 heavy (non-hydrogen) atoms. The summed E-state index contributed by atoms with van der Waals surface area (Å²) in [4.78, 5) is 13.1. The van der Waals surface area contributed by atoms with Gasteiger partial charge in [-0.1, -0.05) is 12.1 Å². The summed E-state index contributed by atoms with van der Waals surface area (Å²) in [6, 6.07) is 7.02. The zero-order chi connectivity index (χ0) is 13.8. The maximum Gasteiger partial charge on any atom is 0.341 e. The molecule has 1 N–H and O–H groups in total. The molecule has 1 aromatic rings. The maximum absolute atomic E-state index is 13.6. The minimum atomic E-state index is -1.61. The van der Waals surface area contributed by atoms with Crippen LogP contribution in [0.4, 0.5) is 4.39 Å². The number of halogens is 1. The Morgan fingerprint density at radius 1 is 1.53 bits per heavy atom. The number of rotatable bonds is 4. The molecule has 0 bridgehead atoms. The first-order valence-electron chi connectivity index (χ1n) is 6.36. The van der Waals surface area contributed by atoms with E-state index < -0.39 is 12.1 Å². The molecule has 1 aliphatic heterocycles. The molecule has 1 fully saturated rings. The summed E-state index contributed by atoms with van der Waals surface area (Å²) in [6.07, 6.45) is 0.292. The number of hydrogen-bond donors (Lipinski definition) is 1. The molecule has 1 aliphatic rings. The topological polar surface area (TPSA) is 49.8 Å². The Hall–Kier alpha value is -1.62. The van der Waals surface area contributed by atoms with Crippen molar-refractivity contribution in [1.82, 2.24) is 4.90 Å². The number of carbonyl (C=O) groups is 1. The zero-order valence-electron chi connectivity index (χ0n) is 10.9. The second-order valence-electron chi connectivity index (χ2n) is 4.74. The van der Waals surface area contributed by atoms with Crippen molar-refractivity contribution < 1.29 is 19.0 Å². The van der Waals surface area contributed by atoms with Gasteiger partial charge < -0.3 is 9.84 Å². The number of aromatic hydroxyl groups is 1. The molecule has 0 spiro atoms. The molecule has 0 aromatic heterocycles. The lowest BCUT2D eigenvalue weighted by molar-refractivity contribution is -0.147. The van der Waals surface area contributed by atoms with E-state index in [2.05, 4.69) is 4.74 Å². The van der Waals surface area contributed by atoms with Crippen molar-refractivity contribution in [3.05, 3.63) is 29.8 Å². The molecule has 1 saturated heterocycles. The monoisotopic (exact) mass is 267 g/mol. The number of carbonyl (C=O) groups excluding carboxylic acids is 1. The minimum Gasteiger partial charge on any atom is -0.508 e. The number of likely N-dealkylation sites (tertiary alicyclic amines) is 1. The molecule has 104 valence electrons. The summed E-state index contributed by atoms with van der Waals surface area (Å²) < 4.78 is 18.1. The van der Waals surface area contributed by atoms with Crippen molar-refractivity contribution in [3.63, 3.8) is 0 Å². The van der Waals surface area contributed by atoms with Crippen molar-refractivity contribution in [1.29, 1.82) is 0 Å². The molecule has 0 amide bonds. The van der Waals surface area contributed by atoms with Crippen molar-refractivity contribution in [3.8, 4) is 5.75 Å². The fourth-order valence-electron chi connectivity index (χ4n) is 2.53. The van der Waals surface area contributed by atoms with Crippen LogP contribution < -0.4 is 0 Å². The van der Waals surface area contributed by atoms with E-state index in [1.165, 1.54) is 7.11 Å². The summed E-state index contributed by atoms with van der Waals surface area (Å²) in [7, 11) is 1.19. The van der Waals surface area contributed by atoms with Gasteiger partial charge in [-0.2, -0.15) is 0 Å². The quantitative estimate of drug-likeness (QED) is 0.848. The predicted molar refractivity (Wildman–Crippen MR) is 68.6 cm³/mol. The van der Waals surface area contributed by atoms with Crippen molar-refractivity contribution >= 4 is 5.97 Å². The van der Waals surface area contributed by atoms with Crippen LogP contribution in [-0.2, 0) is 9.53 Å². The highest BCUT2D eigenvalue weighted by molar-refractivity contribution is 5.74. The van der Waals surface area contributed by atoms with Crippen molar-refractivity contribution in [2.75, 3.05) is 20.2 Å². The number of phenols is 1. The number of phenolic OH excluding ortho intramolecular Hbond substituents is 1. The van der Waals surface area contributed by atoms with E-state index in [0.29, 0.717) is 0 Å². The van der Waals surface area contributed by atoms with Crippen LogP contribution in [0.15, 0.2) is 24.3 Å². The lowest BCUT2D eigenvalue weighted by Crippen LogP contribution is -2.34. The van der Waals surface area contributed by atoms with E-state index in [1.807, 2.05) is 17.0 Å². The molecule has 2 rings (SSSR count). The van der Waals surface area contributed by atoms with Gasteiger partial charge in [-0.25, -0.2) is 9.18 Å². The molecule has 0 aliphatic carbocycles. The van der Waals surface area contributed by atoms with Gasteiger partial charge in [0.1, 0.15) is 5.75 Å². The highest BCUT2D eigenvalue weighted by atomic mass is 19.1. The van der Waals surface area contributed by atoms with E-state index in [-0.39, 0.29) is 18.3 Å². The number of benzene rings is 1. The Kier molecular flexibility index (Phi) is 4.37. The molecule has 1 aromatic carbocycles. The lowest BCUT2D eigenvalue weighted by Gasteiger charge is -2.25. The van der Waals surface area contributed by atoms with Gasteiger partial charge in [-0.3, -0.25) is 4.90 Å². The van der Waals surface area contributed by atoms with Gasteiger partial charge in [0.25, 0.3) is 0 Å². The third-order valence-electron chi connectivity index (χ3n) is 3.49. The smallest absolute Gasteiger partial charge is 0.341 e. The zero-order valence-corrected chi connectivity index (χ0v) is 10.9. The highest BCUT2D eigenvalue weighted by Gasteiger charge is 2.30. The van der Waals surface area contributed by atoms with Crippen LogP contribution in [0.25, 0.3) is 0 Å². The number of esters is 1. The van der Waals surface area contributed by atoms with Crippen LogP contribution >= 0.6 is 0 Å². The SMILES string of the molecule is COC(=O)[C@@H](F)CN1CCC[C@H]1c1ccc(O)cc1. The predicted octanol–water partition coefficient (Wildman–Crippen LogP) is 2.04. The van der Waals surface area contributed by atoms with E-state index in [1.54, 1.807) is 12.1 Å². The summed E-state index contributed by atoms with van der Waals surface area (Å²) in [5.41, 5.74) is 1.03. The molecule has 5 heteroatoms. The average molecular weight is 267 g/mol. The van der Waals surface area contributed by atoms with Crippen LogP contribution in [0.2, 0.25) is 0 Å². The molecule has 2 atom stereocenters. The van der Waals surface area contributed by atoms with E-state index in [4.69, 9.17) is 0 Å². The van der Waals surface area contributed by atoms with Gasteiger partial charge in [0, 0.05) is 12.6 Å². The number of ether oxygens (including phenoxy) is 1. The molecule has 0 radical (unpaired) electrons. The fraction of sp³-hybridized carbons (Fsp3) is 0.500. The van der Waals surface area contributed by atoms with Gasteiger partial charge in [-0.05, 0) is 37.1 Å².